The molecule has 1 saturated carbocycles. The molecule has 0 spiro atoms. The number of aliphatic hydroxyl groups excluding tert-OH is 1. The van der Waals surface area contributed by atoms with Gasteiger partial charge in [-0.15, -0.1) is 0 Å². The molecule has 1 aromatic rings. The Morgan fingerprint density at radius 2 is 1.85 bits per heavy atom. The summed E-state index contributed by atoms with van der Waals surface area (Å²) in [6.45, 7) is 0. The Bertz CT molecular complexity index is 454. The number of halogens is 3. The van der Waals surface area contributed by atoms with Crippen LogP contribution >= 0.6 is 0 Å². The van der Waals surface area contributed by atoms with Crippen LogP contribution in [0, 0.1) is 0 Å². The van der Waals surface area contributed by atoms with E-state index in [1.165, 1.54) is 19.2 Å². The summed E-state index contributed by atoms with van der Waals surface area (Å²) in [7, 11) is 1.34. The van der Waals surface area contributed by atoms with Gasteiger partial charge in [0.25, 0.3) is 0 Å². The molecule has 2 rings (SSSR count). The maximum atomic E-state index is 13.0. The van der Waals surface area contributed by atoms with Crippen LogP contribution in [0.4, 0.5) is 18.9 Å². The van der Waals surface area contributed by atoms with Gasteiger partial charge in [-0.1, -0.05) is 0 Å². The second-order valence-corrected chi connectivity index (χ2v) is 5.06. The van der Waals surface area contributed by atoms with E-state index in [9.17, 15) is 18.3 Å². The highest BCUT2D eigenvalue weighted by Gasteiger charge is 2.34. The average molecular weight is 289 g/mol. The van der Waals surface area contributed by atoms with Gasteiger partial charge in [0.1, 0.15) is 5.75 Å². The van der Waals surface area contributed by atoms with Crippen molar-refractivity contribution in [1.29, 1.82) is 0 Å². The van der Waals surface area contributed by atoms with E-state index in [-0.39, 0.29) is 23.6 Å². The standard InChI is InChI=1S/C14H18F3NO2/c1-20-11-6-7-13(12(8-11)14(15,16)17)18-9-2-4-10(19)5-3-9/h6-10,18-19H,2-5H2,1H3. The summed E-state index contributed by atoms with van der Waals surface area (Å²) in [6.07, 6.45) is -2.17. The van der Waals surface area contributed by atoms with Gasteiger partial charge in [-0.3, -0.25) is 0 Å². The molecule has 0 unspecified atom stereocenters. The molecule has 112 valence electrons. The average Bonchev–Trinajstić information content (AvgIpc) is 2.40. The molecule has 0 aliphatic heterocycles. The number of nitrogens with one attached hydrogen (secondary N) is 1. The van der Waals surface area contributed by atoms with Crippen molar-refractivity contribution in [3.63, 3.8) is 0 Å². The second-order valence-electron chi connectivity index (χ2n) is 5.06. The largest absolute Gasteiger partial charge is 0.497 e. The molecule has 1 aliphatic carbocycles. The lowest BCUT2D eigenvalue weighted by Crippen LogP contribution is -2.29. The number of hydrogen-bond donors (Lipinski definition) is 2. The third kappa shape index (κ3) is 3.56. The Morgan fingerprint density at radius 1 is 1.20 bits per heavy atom. The third-order valence-corrected chi connectivity index (χ3v) is 3.59. The van der Waals surface area contributed by atoms with Crippen molar-refractivity contribution in [1.82, 2.24) is 0 Å². The topological polar surface area (TPSA) is 41.5 Å². The minimum absolute atomic E-state index is 0.0344. The van der Waals surface area contributed by atoms with E-state index in [4.69, 9.17) is 4.74 Å². The number of methoxy groups -OCH3 is 1. The second kappa shape index (κ2) is 5.91. The van der Waals surface area contributed by atoms with Crippen LogP contribution in [0.3, 0.4) is 0 Å². The molecule has 0 amide bonds. The molecule has 0 atom stereocenters. The summed E-state index contributed by atoms with van der Waals surface area (Å²) >= 11 is 0. The summed E-state index contributed by atoms with van der Waals surface area (Å²) in [4.78, 5) is 0. The predicted octanol–water partition coefficient (Wildman–Crippen LogP) is 3.43. The van der Waals surface area contributed by atoms with Crippen LogP contribution in [-0.4, -0.2) is 24.4 Å². The fourth-order valence-electron chi connectivity index (χ4n) is 2.45. The van der Waals surface area contributed by atoms with E-state index in [1.807, 2.05) is 0 Å². The van der Waals surface area contributed by atoms with Gasteiger partial charge in [-0.2, -0.15) is 13.2 Å². The van der Waals surface area contributed by atoms with Crippen LogP contribution < -0.4 is 10.1 Å². The minimum atomic E-state index is -4.43. The van der Waals surface area contributed by atoms with Crippen molar-refractivity contribution >= 4 is 5.69 Å². The number of anilines is 1. The summed E-state index contributed by atoms with van der Waals surface area (Å²) in [6, 6.07) is 3.87. The zero-order chi connectivity index (χ0) is 14.8. The molecule has 20 heavy (non-hydrogen) atoms. The molecule has 1 aliphatic rings. The maximum Gasteiger partial charge on any atom is 0.418 e. The Labute approximate surface area is 115 Å². The lowest BCUT2D eigenvalue weighted by molar-refractivity contribution is -0.137. The highest BCUT2D eigenvalue weighted by molar-refractivity contribution is 5.56. The van der Waals surface area contributed by atoms with Crippen molar-refractivity contribution < 1.29 is 23.0 Å². The van der Waals surface area contributed by atoms with Gasteiger partial charge in [0.15, 0.2) is 0 Å². The molecule has 0 bridgehead atoms. The van der Waals surface area contributed by atoms with Crippen LogP contribution in [0.25, 0.3) is 0 Å². The monoisotopic (exact) mass is 289 g/mol. The number of ether oxygens (including phenoxy) is 1. The molecule has 3 nitrogen and oxygen atoms in total. The summed E-state index contributed by atoms with van der Waals surface area (Å²) in [5.74, 6) is 0.182. The van der Waals surface area contributed by atoms with Crippen molar-refractivity contribution in [3.05, 3.63) is 23.8 Å². The van der Waals surface area contributed by atoms with Crippen molar-refractivity contribution in [3.8, 4) is 5.75 Å². The van der Waals surface area contributed by atoms with Gasteiger partial charge in [-0.25, -0.2) is 0 Å². The van der Waals surface area contributed by atoms with Crippen LogP contribution in [-0.2, 0) is 6.18 Å². The van der Waals surface area contributed by atoms with E-state index in [2.05, 4.69) is 5.32 Å². The molecule has 0 saturated heterocycles. The predicted molar refractivity (Wildman–Crippen MR) is 69.9 cm³/mol. The first-order valence-electron chi connectivity index (χ1n) is 6.60. The van der Waals surface area contributed by atoms with Gasteiger partial charge in [0.05, 0.1) is 18.8 Å². The Hall–Kier alpha value is -1.43. The van der Waals surface area contributed by atoms with Crippen LogP contribution in [0.5, 0.6) is 5.75 Å². The van der Waals surface area contributed by atoms with Crippen LogP contribution in [0.2, 0.25) is 0 Å². The van der Waals surface area contributed by atoms with Gasteiger partial charge in [0.2, 0.25) is 0 Å². The smallest absolute Gasteiger partial charge is 0.418 e. The fraction of sp³-hybridized carbons (Fsp3) is 0.571. The van der Waals surface area contributed by atoms with Crippen molar-refractivity contribution in [2.75, 3.05) is 12.4 Å². The third-order valence-electron chi connectivity index (χ3n) is 3.59. The number of rotatable bonds is 3. The van der Waals surface area contributed by atoms with Gasteiger partial charge < -0.3 is 15.2 Å². The maximum absolute atomic E-state index is 13.0. The normalized spacial score (nSPS) is 23.4. The van der Waals surface area contributed by atoms with Gasteiger partial charge in [-0.05, 0) is 43.9 Å². The summed E-state index contributed by atoms with van der Waals surface area (Å²) < 4.78 is 44.0. The Kier molecular flexibility index (Phi) is 4.42. The van der Waals surface area contributed by atoms with Crippen molar-refractivity contribution in [2.24, 2.45) is 0 Å². The van der Waals surface area contributed by atoms with Crippen molar-refractivity contribution in [2.45, 2.75) is 44.0 Å². The number of aliphatic hydroxyl groups is 1. The van der Waals surface area contributed by atoms with E-state index in [0.717, 1.165) is 6.07 Å². The SMILES string of the molecule is COc1ccc(NC2CCC(O)CC2)c(C(F)(F)F)c1. The van der Waals surface area contributed by atoms with E-state index in [1.54, 1.807) is 0 Å². The quantitative estimate of drug-likeness (QED) is 0.895. The Morgan fingerprint density at radius 3 is 2.40 bits per heavy atom. The highest BCUT2D eigenvalue weighted by Crippen LogP contribution is 2.38. The lowest BCUT2D eigenvalue weighted by atomic mass is 9.92. The molecule has 1 fully saturated rings. The summed E-state index contributed by atoms with van der Waals surface area (Å²) in [5.41, 5.74) is -0.650. The van der Waals surface area contributed by atoms with Gasteiger partial charge in [0, 0.05) is 11.7 Å². The first-order valence-corrected chi connectivity index (χ1v) is 6.60. The minimum Gasteiger partial charge on any atom is -0.497 e. The molecule has 6 heteroatoms. The van der Waals surface area contributed by atoms with E-state index >= 15 is 0 Å². The molecule has 2 N–H and O–H groups in total. The number of hydrogen-bond acceptors (Lipinski definition) is 3. The molecule has 0 aromatic heterocycles. The molecule has 0 heterocycles. The fourth-order valence-corrected chi connectivity index (χ4v) is 2.45. The van der Waals surface area contributed by atoms with Gasteiger partial charge >= 0.3 is 6.18 Å². The number of benzene rings is 1. The molecular weight excluding hydrogens is 271 g/mol. The molecule has 0 radical (unpaired) electrons. The highest BCUT2D eigenvalue weighted by atomic mass is 19.4. The molecular formula is C14H18F3NO2. The first-order chi connectivity index (χ1) is 9.40. The van der Waals surface area contributed by atoms with Crippen LogP contribution in [0.15, 0.2) is 18.2 Å². The van der Waals surface area contributed by atoms with E-state index in [0.29, 0.717) is 25.7 Å². The van der Waals surface area contributed by atoms with E-state index < -0.39 is 11.7 Å². The molecule has 1 aromatic carbocycles. The zero-order valence-corrected chi connectivity index (χ0v) is 11.2. The summed E-state index contributed by atoms with van der Waals surface area (Å²) in [5, 5.41) is 12.4. The zero-order valence-electron chi connectivity index (χ0n) is 11.2. The Balaban J connectivity index is 2.18. The van der Waals surface area contributed by atoms with Crippen LogP contribution in [0.1, 0.15) is 31.2 Å². The lowest BCUT2D eigenvalue weighted by Gasteiger charge is -2.28. The number of alkyl halides is 3. The first kappa shape index (κ1) is 15.0.